The molecular formula is C18H36N2O. The number of piperidine rings is 1. The van der Waals surface area contributed by atoms with Gasteiger partial charge in [0, 0.05) is 32.3 Å². The van der Waals surface area contributed by atoms with Crippen molar-refractivity contribution in [3.63, 3.8) is 0 Å². The van der Waals surface area contributed by atoms with Crippen LogP contribution in [-0.2, 0) is 4.74 Å². The third-order valence-corrected chi connectivity index (χ3v) is 5.42. The molecule has 0 amide bonds. The van der Waals surface area contributed by atoms with Gasteiger partial charge in [-0.05, 0) is 56.9 Å². The second-order valence-corrected chi connectivity index (χ2v) is 7.23. The maximum absolute atomic E-state index is 6.00. The molecule has 1 atom stereocenters. The SMILES string of the molecule is CCCOC1CCCN(CC(CC)(CC)CNC2CC2)C1. The van der Waals surface area contributed by atoms with E-state index >= 15 is 0 Å². The molecule has 0 aromatic heterocycles. The van der Waals surface area contributed by atoms with E-state index in [0.717, 1.165) is 25.6 Å². The van der Waals surface area contributed by atoms with Crippen LogP contribution in [0, 0.1) is 5.41 Å². The summed E-state index contributed by atoms with van der Waals surface area (Å²) in [5.41, 5.74) is 0.454. The summed E-state index contributed by atoms with van der Waals surface area (Å²) in [6.07, 6.45) is 9.49. The molecule has 0 aromatic carbocycles. The van der Waals surface area contributed by atoms with Crippen LogP contribution in [0.5, 0.6) is 0 Å². The molecule has 1 saturated carbocycles. The van der Waals surface area contributed by atoms with Crippen LogP contribution in [0.3, 0.4) is 0 Å². The average Bonchev–Trinajstić information content (AvgIpc) is 3.34. The smallest absolute Gasteiger partial charge is 0.0702 e. The molecule has 1 saturated heterocycles. The second-order valence-electron chi connectivity index (χ2n) is 7.23. The van der Waals surface area contributed by atoms with Crippen LogP contribution >= 0.6 is 0 Å². The minimum Gasteiger partial charge on any atom is -0.377 e. The Hall–Kier alpha value is -0.120. The Balaban J connectivity index is 1.82. The summed E-state index contributed by atoms with van der Waals surface area (Å²) in [6, 6.07) is 0.824. The van der Waals surface area contributed by atoms with Gasteiger partial charge in [-0.25, -0.2) is 0 Å². The predicted molar refractivity (Wildman–Crippen MR) is 89.7 cm³/mol. The van der Waals surface area contributed by atoms with Crippen molar-refractivity contribution in [3.8, 4) is 0 Å². The number of likely N-dealkylation sites (tertiary alicyclic amines) is 1. The molecule has 2 rings (SSSR count). The third-order valence-electron chi connectivity index (χ3n) is 5.42. The lowest BCUT2D eigenvalue weighted by Gasteiger charge is -2.41. The molecule has 2 fully saturated rings. The normalized spacial score (nSPS) is 24.4. The molecule has 1 aliphatic carbocycles. The highest BCUT2D eigenvalue weighted by molar-refractivity contribution is 4.89. The van der Waals surface area contributed by atoms with Crippen LogP contribution in [-0.4, -0.2) is 49.8 Å². The van der Waals surface area contributed by atoms with Crippen molar-refractivity contribution in [3.05, 3.63) is 0 Å². The molecule has 1 N–H and O–H groups in total. The fourth-order valence-corrected chi connectivity index (χ4v) is 3.48. The molecule has 1 unspecified atom stereocenters. The molecule has 1 heterocycles. The zero-order valence-corrected chi connectivity index (χ0v) is 14.5. The third kappa shape index (κ3) is 5.54. The Bertz CT molecular complexity index is 287. The summed E-state index contributed by atoms with van der Waals surface area (Å²) in [6.45, 7) is 12.7. The Morgan fingerprint density at radius 3 is 2.52 bits per heavy atom. The number of hydrogen-bond donors (Lipinski definition) is 1. The molecule has 1 aliphatic heterocycles. The largest absolute Gasteiger partial charge is 0.377 e. The number of rotatable bonds is 10. The summed E-state index contributed by atoms with van der Waals surface area (Å²) in [5.74, 6) is 0. The van der Waals surface area contributed by atoms with Crippen LogP contribution in [0.1, 0.15) is 65.7 Å². The van der Waals surface area contributed by atoms with Crippen molar-refractivity contribution in [1.82, 2.24) is 10.2 Å². The van der Waals surface area contributed by atoms with Crippen molar-refractivity contribution < 1.29 is 4.74 Å². The fraction of sp³-hybridized carbons (Fsp3) is 1.00. The van der Waals surface area contributed by atoms with Gasteiger partial charge in [-0.15, -0.1) is 0 Å². The summed E-state index contributed by atoms with van der Waals surface area (Å²) in [7, 11) is 0. The lowest BCUT2D eigenvalue weighted by Crippen LogP contribution is -2.48. The van der Waals surface area contributed by atoms with E-state index in [1.807, 2.05) is 0 Å². The van der Waals surface area contributed by atoms with Gasteiger partial charge < -0.3 is 15.0 Å². The predicted octanol–water partition coefficient (Wildman–Crippen LogP) is 3.44. The van der Waals surface area contributed by atoms with Crippen LogP contribution < -0.4 is 5.32 Å². The highest BCUT2D eigenvalue weighted by atomic mass is 16.5. The fourth-order valence-electron chi connectivity index (χ4n) is 3.48. The van der Waals surface area contributed by atoms with Crippen molar-refractivity contribution >= 4 is 0 Å². The molecule has 21 heavy (non-hydrogen) atoms. The van der Waals surface area contributed by atoms with Gasteiger partial charge in [0.25, 0.3) is 0 Å². The van der Waals surface area contributed by atoms with E-state index in [9.17, 15) is 0 Å². The molecular weight excluding hydrogens is 260 g/mol. The monoisotopic (exact) mass is 296 g/mol. The first-order chi connectivity index (χ1) is 10.2. The minimum absolute atomic E-state index is 0.454. The van der Waals surface area contributed by atoms with E-state index in [0.29, 0.717) is 11.5 Å². The first kappa shape index (κ1) is 17.2. The lowest BCUT2D eigenvalue weighted by atomic mass is 9.81. The number of nitrogens with one attached hydrogen (secondary N) is 1. The minimum atomic E-state index is 0.454. The standard InChI is InChI=1S/C18H36N2O/c1-4-12-21-17-8-7-11-20(13-17)15-18(5-2,6-3)14-19-16-9-10-16/h16-17,19H,4-15H2,1-3H3. The average molecular weight is 296 g/mol. The Morgan fingerprint density at radius 1 is 1.14 bits per heavy atom. The van der Waals surface area contributed by atoms with Gasteiger partial charge in [0.15, 0.2) is 0 Å². The van der Waals surface area contributed by atoms with Crippen LogP contribution in [0.4, 0.5) is 0 Å². The highest BCUT2D eigenvalue weighted by Gasteiger charge is 2.33. The molecule has 3 heteroatoms. The molecule has 124 valence electrons. The number of nitrogens with zero attached hydrogens (tertiary/aromatic N) is 1. The maximum atomic E-state index is 6.00. The summed E-state index contributed by atoms with van der Waals surface area (Å²) < 4.78 is 6.00. The first-order valence-corrected chi connectivity index (χ1v) is 9.28. The van der Waals surface area contributed by atoms with Gasteiger partial charge in [-0.1, -0.05) is 20.8 Å². The van der Waals surface area contributed by atoms with Crippen molar-refractivity contribution in [2.45, 2.75) is 77.9 Å². The topological polar surface area (TPSA) is 24.5 Å². The molecule has 3 nitrogen and oxygen atoms in total. The maximum Gasteiger partial charge on any atom is 0.0702 e. The van der Waals surface area contributed by atoms with E-state index in [4.69, 9.17) is 4.74 Å². The molecule has 0 aromatic rings. The van der Waals surface area contributed by atoms with Crippen molar-refractivity contribution in [2.24, 2.45) is 5.41 Å². The quantitative estimate of drug-likeness (QED) is 0.668. The Kier molecular flexibility index (Phi) is 6.97. The van der Waals surface area contributed by atoms with Crippen LogP contribution in [0.25, 0.3) is 0 Å². The van der Waals surface area contributed by atoms with E-state index in [-0.39, 0.29) is 0 Å². The van der Waals surface area contributed by atoms with Gasteiger partial charge in [0.2, 0.25) is 0 Å². The Morgan fingerprint density at radius 2 is 1.90 bits per heavy atom. The molecule has 0 bridgehead atoms. The van der Waals surface area contributed by atoms with Gasteiger partial charge in [-0.2, -0.15) is 0 Å². The second kappa shape index (κ2) is 8.50. The van der Waals surface area contributed by atoms with Crippen molar-refractivity contribution in [2.75, 3.05) is 32.8 Å². The zero-order chi connectivity index (χ0) is 15.1. The molecule has 2 aliphatic rings. The first-order valence-electron chi connectivity index (χ1n) is 9.28. The van der Waals surface area contributed by atoms with Crippen LogP contribution in [0.15, 0.2) is 0 Å². The van der Waals surface area contributed by atoms with Crippen LogP contribution in [0.2, 0.25) is 0 Å². The highest BCUT2D eigenvalue weighted by Crippen LogP contribution is 2.30. The van der Waals surface area contributed by atoms with E-state index in [1.54, 1.807) is 0 Å². The lowest BCUT2D eigenvalue weighted by molar-refractivity contribution is -0.0130. The zero-order valence-electron chi connectivity index (χ0n) is 14.5. The summed E-state index contributed by atoms with van der Waals surface area (Å²) in [5, 5.41) is 3.78. The van der Waals surface area contributed by atoms with E-state index < -0.39 is 0 Å². The van der Waals surface area contributed by atoms with Gasteiger partial charge in [-0.3, -0.25) is 0 Å². The van der Waals surface area contributed by atoms with Gasteiger partial charge >= 0.3 is 0 Å². The number of hydrogen-bond acceptors (Lipinski definition) is 3. The summed E-state index contributed by atoms with van der Waals surface area (Å²) >= 11 is 0. The Labute approximate surface area is 131 Å². The molecule has 0 spiro atoms. The molecule has 0 radical (unpaired) electrons. The van der Waals surface area contributed by atoms with Crippen molar-refractivity contribution in [1.29, 1.82) is 0 Å². The van der Waals surface area contributed by atoms with E-state index in [1.165, 1.54) is 58.2 Å². The summed E-state index contributed by atoms with van der Waals surface area (Å²) in [4.78, 5) is 2.67. The van der Waals surface area contributed by atoms with Gasteiger partial charge in [0.05, 0.1) is 6.10 Å². The van der Waals surface area contributed by atoms with E-state index in [2.05, 4.69) is 31.0 Å². The van der Waals surface area contributed by atoms with Gasteiger partial charge in [0.1, 0.15) is 0 Å². The number of ether oxygens (including phenoxy) is 1.